The highest BCUT2D eigenvalue weighted by atomic mass is 16.5. The smallest absolute Gasteiger partial charge is 0.0880 e. The first-order valence-corrected chi connectivity index (χ1v) is 15.9. The van der Waals surface area contributed by atoms with Crippen LogP contribution in [0.4, 0.5) is 0 Å². The number of hydrogen-bond acceptors (Lipinski definition) is 3. The molecule has 0 saturated heterocycles. The molecule has 2 aliphatic rings. The van der Waals surface area contributed by atoms with E-state index in [4.69, 9.17) is 9.47 Å². The fraction of sp³-hybridized carbons (Fsp3) is 1.00. The summed E-state index contributed by atoms with van der Waals surface area (Å²) in [5, 5.41) is 11.8. The Kier molecular flexibility index (Phi) is 13.3. The minimum absolute atomic E-state index is 0.110. The first-order valence-electron chi connectivity index (χ1n) is 15.9. The van der Waals surface area contributed by atoms with Gasteiger partial charge in [0.2, 0.25) is 0 Å². The highest BCUT2D eigenvalue weighted by molar-refractivity contribution is 4.88. The summed E-state index contributed by atoms with van der Waals surface area (Å²) in [5.74, 6) is 4.13. The third-order valence-corrected chi connectivity index (χ3v) is 9.90. The van der Waals surface area contributed by atoms with Gasteiger partial charge in [-0.15, -0.1) is 0 Å². The summed E-state index contributed by atoms with van der Waals surface area (Å²) in [6, 6.07) is 0. The van der Waals surface area contributed by atoms with E-state index in [0.29, 0.717) is 42.5 Å². The van der Waals surface area contributed by atoms with E-state index in [9.17, 15) is 5.11 Å². The van der Waals surface area contributed by atoms with Crippen molar-refractivity contribution in [2.45, 2.75) is 157 Å². The number of aliphatic hydroxyl groups is 1. The summed E-state index contributed by atoms with van der Waals surface area (Å²) in [7, 11) is 0. The first-order chi connectivity index (χ1) is 16.9. The van der Waals surface area contributed by atoms with Gasteiger partial charge in [-0.1, -0.05) is 88.0 Å². The molecule has 1 N–H and O–H groups in total. The molecule has 2 saturated carbocycles. The molecule has 0 heterocycles. The Hall–Kier alpha value is -0.120. The van der Waals surface area contributed by atoms with Crippen molar-refractivity contribution in [3.63, 3.8) is 0 Å². The number of ether oxygens (including phenoxy) is 2. The zero-order chi connectivity index (χ0) is 26.9. The quantitative estimate of drug-likeness (QED) is 0.240. The molecular weight excluding hydrogens is 444 g/mol. The van der Waals surface area contributed by atoms with Crippen molar-refractivity contribution in [1.29, 1.82) is 0 Å². The molecule has 2 rings (SSSR count). The summed E-state index contributed by atoms with van der Waals surface area (Å²) >= 11 is 0. The van der Waals surface area contributed by atoms with Crippen LogP contribution in [0.25, 0.3) is 0 Å². The van der Waals surface area contributed by atoms with Gasteiger partial charge in [0, 0.05) is 0 Å². The maximum Gasteiger partial charge on any atom is 0.0880 e. The highest BCUT2D eigenvalue weighted by Gasteiger charge is 2.38. The lowest BCUT2D eigenvalue weighted by molar-refractivity contribution is -0.121. The van der Waals surface area contributed by atoms with Crippen molar-refractivity contribution in [2.24, 2.45) is 40.9 Å². The van der Waals surface area contributed by atoms with Gasteiger partial charge in [-0.2, -0.15) is 0 Å². The van der Waals surface area contributed by atoms with Crippen molar-refractivity contribution >= 4 is 0 Å². The fourth-order valence-electron chi connectivity index (χ4n) is 7.33. The van der Waals surface area contributed by atoms with E-state index in [0.717, 1.165) is 63.4 Å². The van der Waals surface area contributed by atoms with Crippen LogP contribution in [0.2, 0.25) is 0 Å². The topological polar surface area (TPSA) is 38.7 Å². The van der Waals surface area contributed by atoms with Crippen LogP contribution in [0, 0.1) is 40.9 Å². The maximum atomic E-state index is 11.8. The second-order valence-corrected chi connectivity index (χ2v) is 14.4. The van der Waals surface area contributed by atoms with E-state index in [1.165, 1.54) is 32.1 Å². The van der Waals surface area contributed by atoms with Crippen molar-refractivity contribution < 1.29 is 14.6 Å². The number of hydrogen-bond donors (Lipinski definition) is 1. The van der Waals surface area contributed by atoms with E-state index in [1.807, 2.05) is 0 Å². The predicted octanol–water partition coefficient (Wildman–Crippen LogP) is 9.06. The van der Waals surface area contributed by atoms with Gasteiger partial charge in [0.15, 0.2) is 0 Å². The largest absolute Gasteiger partial charge is 0.387 e. The maximum absolute atomic E-state index is 11.8. The normalized spacial score (nSPS) is 33.0. The third kappa shape index (κ3) is 9.88. The van der Waals surface area contributed by atoms with Crippen LogP contribution >= 0.6 is 0 Å². The van der Waals surface area contributed by atoms with Gasteiger partial charge < -0.3 is 14.6 Å². The average molecular weight is 509 g/mol. The lowest BCUT2D eigenvalue weighted by atomic mass is 9.74. The molecule has 0 aromatic heterocycles. The Balaban J connectivity index is 2.01. The van der Waals surface area contributed by atoms with Crippen LogP contribution in [0.5, 0.6) is 0 Å². The lowest BCUT2D eigenvalue weighted by Crippen LogP contribution is -2.42. The van der Waals surface area contributed by atoms with Crippen LogP contribution in [0.1, 0.15) is 139 Å². The minimum atomic E-state index is -0.730. The van der Waals surface area contributed by atoms with Crippen LogP contribution in [-0.2, 0) is 9.47 Å². The van der Waals surface area contributed by atoms with E-state index in [-0.39, 0.29) is 5.41 Å². The molecule has 2 fully saturated rings. The second kappa shape index (κ2) is 14.9. The molecule has 3 heteroatoms. The Bertz CT molecular complexity index is 552. The monoisotopic (exact) mass is 508 g/mol. The van der Waals surface area contributed by atoms with Gasteiger partial charge in [0.1, 0.15) is 0 Å². The van der Waals surface area contributed by atoms with Crippen LogP contribution in [-0.4, -0.2) is 36.1 Å². The molecule has 214 valence electrons. The average Bonchev–Trinajstić information content (AvgIpc) is 2.80. The summed E-state index contributed by atoms with van der Waals surface area (Å²) in [6.45, 7) is 22.3. The first kappa shape index (κ1) is 32.1. The summed E-state index contributed by atoms with van der Waals surface area (Å²) in [4.78, 5) is 0. The molecule has 3 nitrogen and oxygen atoms in total. The zero-order valence-electron chi connectivity index (χ0n) is 25.8. The molecule has 0 aromatic carbocycles. The standard InChI is InChI=1S/C33H64O3/c1-10-16-32(9,22-35-30-20-26(7)12-14-28(30)24(3)4)18-19-33(34,17-11-2)23-36-31-21-27(8)13-15-29(31)25(5)6/h24-31,34H,10-23H2,1-9H3. The summed E-state index contributed by atoms with van der Waals surface area (Å²) in [6.07, 6.45) is 14.2. The molecule has 0 amide bonds. The summed E-state index contributed by atoms with van der Waals surface area (Å²) < 4.78 is 13.4. The van der Waals surface area contributed by atoms with Crippen molar-refractivity contribution in [3.05, 3.63) is 0 Å². The van der Waals surface area contributed by atoms with Gasteiger partial charge in [0.25, 0.3) is 0 Å². The molecule has 0 bridgehead atoms. The molecule has 0 radical (unpaired) electrons. The Morgan fingerprint density at radius 3 is 1.61 bits per heavy atom. The predicted molar refractivity (Wildman–Crippen MR) is 154 cm³/mol. The number of rotatable bonds is 15. The third-order valence-electron chi connectivity index (χ3n) is 9.90. The molecule has 0 aliphatic heterocycles. The molecule has 8 atom stereocenters. The van der Waals surface area contributed by atoms with Crippen LogP contribution in [0.3, 0.4) is 0 Å². The van der Waals surface area contributed by atoms with Crippen LogP contribution in [0.15, 0.2) is 0 Å². The SMILES string of the molecule is CCCC(C)(CCC(O)(CCC)COC1CC(C)CCC1C(C)C)COC1CC(C)CCC1C(C)C. The van der Waals surface area contributed by atoms with Gasteiger partial charge in [-0.3, -0.25) is 0 Å². The van der Waals surface area contributed by atoms with Gasteiger partial charge >= 0.3 is 0 Å². The van der Waals surface area contributed by atoms with Gasteiger partial charge in [-0.05, 0) is 92.3 Å². The van der Waals surface area contributed by atoms with E-state index < -0.39 is 5.60 Å². The van der Waals surface area contributed by atoms with E-state index in [1.54, 1.807) is 0 Å². The zero-order valence-corrected chi connectivity index (χ0v) is 25.8. The highest BCUT2D eigenvalue weighted by Crippen LogP contribution is 2.40. The molecule has 8 unspecified atom stereocenters. The lowest BCUT2D eigenvalue weighted by Gasteiger charge is -2.41. The minimum Gasteiger partial charge on any atom is -0.387 e. The van der Waals surface area contributed by atoms with Crippen LogP contribution < -0.4 is 0 Å². The molecule has 0 aromatic rings. The Morgan fingerprint density at radius 1 is 0.694 bits per heavy atom. The summed E-state index contributed by atoms with van der Waals surface area (Å²) in [5.41, 5.74) is -0.621. The van der Waals surface area contributed by atoms with Crippen molar-refractivity contribution in [1.82, 2.24) is 0 Å². The Morgan fingerprint density at radius 2 is 1.17 bits per heavy atom. The molecule has 36 heavy (non-hydrogen) atoms. The van der Waals surface area contributed by atoms with Gasteiger partial charge in [0.05, 0.1) is 31.0 Å². The fourth-order valence-corrected chi connectivity index (χ4v) is 7.33. The van der Waals surface area contributed by atoms with Gasteiger partial charge in [-0.25, -0.2) is 0 Å². The van der Waals surface area contributed by atoms with E-state index in [2.05, 4.69) is 62.3 Å². The Labute approximate surface area is 225 Å². The molecule has 0 spiro atoms. The van der Waals surface area contributed by atoms with Crippen molar-refractivity contribution in [3.8, 4) is 0 Å². The molecular formula is C33H64O3. The molecule has 2 aliphatic carbocycles. The second-order valence-electron chi connectivity index (χ2n) is 14.4. The van der Waals surface area contributed by atoms with E-state index >= 15 is 0 Å². The van der Waals surface area contributed by atoms with Crippen molar-refractivity contribution in [2.75, 3.05) is 13.2 Å².